The lowest BCUT2D eigenvalue weighted by Gasteiger charge is -2.35. The summed E-state index contributed by atoms with van der Waals surface area (Å²) in [6.45, 7) is 4.54. The Morgan fingerprint density at radius 3 is 2.39 bits per heavy atom. The summed E-state index contributed by atoms with van der Waals surface area (Å²) in [5, 5.41) is 2.86. The van der Waals surface area contributed by atoms with Crippen molar-refractivity contribution in [2.24, 2.45) is 0 Å². The minimum Gasteiger partial charge on any atom is -0.485 e. The summed E-state index contributed by atoms with van der Waals surface area (Å²) in [4.78, 5) is 39.4. The molecule has 0 aromatic heterocycles. The molecule has 0 saturated carbocycles. The number of ketones is 1. The van der Waals surface area contributed by atoms with Crippen LogP contribution in [0.4, 0.5) is 5.69 Å². The maximum Gasteiger partial charge on any atom is 0.279 e. The van der Waals surface area contributed by atoms with E-state index in [2.05, 4.69) is 5.32 Å². The van der Waals surface area contributed by atoms with Gasteiger partial charge in [0.15, 0.2) is 23.8 Å². The van der Waals surface area contributed by atoms with E-state index in [-0.39, 0.29) is 24.2 Å². The van der Waals surface area contributed by atoms with Crippen LogP contribution in [0.3, 0.4) is 0 Å². The zero-order valence-corrected chi connectivity index (χ0v) is 17.4. The van der Waals surface area contributed by atoms with Crippen LogP contribution in [0, 0.1) is 0 Å². The lowest BCUT2D eigenvalue weighted by molar-refractivity contribution is -0.895. The van der Waals surface area contributed by atoms with Gasteiger partial charge in [0.1, 0.15) is 6.61 Å². The predicted molar refractivity (Wildman–Crippen MR) is 114 cm³/mol. The van der Waals surface area contributed by atoms with Crippen molar-refractivity contribution in [2.75, 3.05) is 44.6 Å². The summed E-state index contributed by atoms with van der Waals surface area (Å²) >= 11 is 0. The number of nitrogens with one attached hydrogen (secondary N) is 2. The number of hydrogen-bond donors (Lipinski definition) is 2. The lowest BCUT2D eigenvalue weighted by Crippen LogP contribution is -3.15. The van der Waals surface area contributed by atoms with Crippen molar-refractivity contribution < 1.29 is 28.8 Å². The van der Waals surface area contributed by atoms with Crippen LogP contribution >= 0.6 is 0 Å². The SMILES string of the molecule is CC(=O)c1ccc(NC(=O)C[NH+]2CCN(C(=O)[C@H]3COc4ccccc4O3)CC2)cc1. The number of Topliss-reactive ketones (excluding diaryl/α,β-unsaturated/α-hetero) is 1. The van der Waals surface area contributed by atoms with Gasteiger partial charge < -0.3 is 24.6 Å². The number of amides is 2. The molecule has 2 aliphatic rings. The van der Waals surface area contributed by atoms with Crippen LogP contribution in [0.2, 0.25) is 0 Å². The van der Waals surface area contributed by atoms with Gasteiger partial charge in [0.2, 0.25) is 6.10 Å². The second-order valence-electron chi connectivity index (χ2n) is 7.80. The number of carbonyl (C=O) groups excluding carboxylic acids is 3. The van der Waals surface area contributed by atoms with Crippen molar-refractivity contribution in [3.05, 3.63) is 54.1 Å². The Morgan fingerprint density at radius 1 is 1.03 bits per heavy atom. The van der Waals surface area contributed by atoms with Crippen LogP contribution in [0.25, 0.3) is 0 Å². The molecule has 0 aliphatic carbocycles. The van der Waals surface area contributed by atoms with Gasteiger partial charge in [-0.2, -0.15) is 0 Å². The highest BCUT2D eigenvalue weighted by molar-refractivity contribution is 5.95. The van der Waals surface area contributed by atoms with Crippen molar-refractivity contribution in [1.29, 1.82) is 0 Å². The molecule has 162 valence electrons. The Kier molecular flexibility index (Phi) is 6.18. The van der Waals surface area contributed by atoms with E-state index in [0.29, 0.717) is 55.5 Å². The first-order chi connectivity index (χ1) is 15.0. The molecule has 2 aromatic rings. The highest BCUT2D eigenvalue weighted by Gasteiger charge is 2.34. The normalized spacial score (nSPS) is 18.4. The summed E-state index contributed by atoms with van der Waals surface area (Å²) in [5.74, 6) is 1.06. The van der Waals surface area contributed by atoms with Gasteiger partial charge in [-0.3, -0.25) is 14.4 Å². The quantitative estimate of drug-likeness (QED) is 0.678. The number of nitrogens with zero attached hydrogens (tertiary/aromatic N) is 1. The molecule has 31 heavy (non-hydrogen) atoms. The Hall–Kier alpha value is -3.39. The number of fused-ring (bicyclic) bond motifs is 1. The summed E-state index contributed by atoms with van der Waals surface area (Å²) < 4.78 is 11.5. The van der Waals surface area contributed by atoms with E-state index in [4.69, 9.17) is 9.47 Å². The molecule has 2 amide bonds. The molecule has 0 unspecified atom stereocenters. The van der Waals surface area contributed by atoms with Gasteiger partial charge >= 0.3 is 0 Å². The lowest BCUT2D eigenvalue weighted by atomic mass is 10.1. The number of benzene rings is 2. The standard InChI is InChI=1S/C23H25N3O5/c1-16(27)17-6-8-18(9-7-17)24-22(28)14-25-10-12-26(13-11-25)23(29)21-15-30-19-4-2-3-5-20(19)31-21/h2-9,21H,10-15H2,1H3,(H,24,28)/p+1/t21-/m1/s1. The first-order valence-corrected chi connectivity index (χ1v) is 10.4. The monoisotopic (exact) mass is 424 g/mol. The topological polar surface area (TPSA) is 89.4 Å². The molecule has 1 atom stereocenters. The van der Waals surface area contributed by atoms with Crippen LogP contribution in [-0.4, -0.2) is 67.9 Å². The number of piperazine rings is 1. The molecule has 0 spiro atoms. The molecular weight excluding hydrogens is 398 g/mol. The zero-order chi connectivity index (χ0) is 21.8. The third kappa shape index (κ3) is 5.03. The zero-order valence-electron chi connectivity index (χ0n) is 17.4. The molecule has 0 bridgehead atoms. The van der Waals surface area contributed by atoms with Gasteiger partial charge in [-0.1, -0.05) is 12.1 Å². The summed E-state index contributed by atoms with van der Waals surface area (Å²) in [7, 11) is 0. The second-order valence-corrected chi connectivity index (χ2v) is 7.80. The van der Waals surface area contributed by atoms with E-state index < -0.39 is 6.10 Å². The van der Waals surface area contributed by atoms with Crippen molar-refractivity contribution >= 4 is 23.3 Å². The molecule has 1 saturated heterocycles. The number of quaternary nitrogens is 1. The molecule has 2 N–H and O–H groups in total. The molecule has 1 fully saturated rings. The molecule has 0 radical (unpaired) electrons. The van der Waals surface area contributed by atoms with Crippen molar-refractivity contribution in [3.63, 3.8) is 0 Å². The van der Waals surface area contributed by atoms with Crippen molar-refractivity contribution in [1.82, 2.24) is 4.90 Å². The molecule has 2 aliphatic heterocycles. The van der Waals surface area contributed by atoms with Gasteiger partial charge in [0.05, 0.1) is 26.2 Å². The second kappa shape index (κ2) is 9.18. The highest BCUT2D eigenvalue weighted by atomic mass is 16.6. The van der Waals surface area contributed by atoms with E-state index in [9.17, 15) is 14.4 Å². The summed E-state index contributed by atoms with van der Waals surface area (Å²) in [6, 6.07) is 14.2. The first-order valence-electron chi connectivity index (χ1n) is 10.4. The molecule has 4 rings (SSSR count). The Morgan fingerprint density at radius 2 is 1.71 bits per heavy atom. The maximum atomic E-state index is 12.8. The number of anilines is 1. The van der Waals surface area contributed by atoms with E-state index in [1.165, 1.54) is 6.92 Å². The van der Waals surface area contributed by atoms with Gasteiger partial charge in [0.25, 0.3) is 11.8 Å². The van der Waals surface area contributed by atoms with Crippen molar-refractivity contribution in [2.45, 2.75) is 13.0 Å². The fourth-order valence-corrected chi connectivity index (χ4v) is 3.79. The van der Waals surface area contributed by atoms with Crippen LogP contribution in [0.15, 0.2) is 48.5 Å². The van der Waals surface area contributed by atoms with E-state index in [1.807, 2.05) is 18.2 Å². The van der Waals surface area contributed by atoms with E-state index in [1.54, 1.807) is 35.2 Å². The minimum absolute atomic E-state index is 0.0101. The van der Waals surface area contributed by atoms with Gasteiger partial charge in [-0.25, -0.2) is 0 Å². The van der Waals surface area contributed by atoms with E-state index in [0.717, 1.165) is 4.90 Å². The van der Waals surface area contributed by atoms with Crippen LogP contribution in [-0.2, 0) is 9.59 Å². The molecule has 2 heterocycles. The number of para-hydroxylation sites is 2. The Labute approximate surface area is 180 Å². The van der Waals surface area contributed by atoms with Crippen LogP contribution < -0.4 is 19.7 Å². The fourth-order valence-electron chi connectivity index (χ4n) is 3.79. The number of carbonyl (C=O) groups is 3. The predicted octanol–water partition coefficient (Wildman–Crippen LogP) is 0.395. The van der Waals surface area contributed by atoms with Gasteiger partial charge in [-0.15, -0.1) is 0 Å². The first kappa shape index (κ1) is 20.9. The maximum absolute atomic E-state index is 12.8. The number of ether oxygens (including phenoxy) is 2. The van der Waals surface area contributed by atoms with Gasteiger partial charge in [-0.05, 0) is 43.3 Å². The molecule has 8 heteroatoms. The third-order valence-electron chi connectivity index (χ3n) is 5.55. The molecule has 8 nitrogen and oxygen atoms in total. The average Bonchev–Trinajstić information content (AvgIpc) is 2.79. The third-order valence-corrected chi connectivity index (χ3v) is 5.55. The highest BCUT2D eigenvalue weighted by Crippen LogP contribution is 2.31. The van der Waals surface area contributed by atoms with E-state index >= 15 is 0 Å². The van der Waals surface area contributed by atoms with Gasteiger partial charge in [0, 0.05) is 11.3 Å². The summed E-state index contributed by atoms with van der Waals surface area (Å²) in [5.41, 5.74) is 1.28. The molecular formula is C23H26N3O5+. The Bertz CT molecular complexity index is 967. The summed E-state index contributed by atoms with van der Waals surface area (Å²) in [6.07, 6.45) is -0.641. The number of rotatable bonds is 5. The number of hydrogen-bond acceptors (Lipinski definition) is 5. The van der Waals surface area contributed by atoms with Crippen LogP contribution in [0.5, 0.6) is 11.5 Å². The average molecular weight is 424 g/mol. The fraction of sp³-hybridized carbons (Fsp3) is 0.348. The van der Waals surface area contributed by atoms with Crippen molar-refractivity contribution in [3.8, 4) is 11.5 Å². The minimum atomic E-state index is -0.641. The smallest absolute Gasteiger partial charge is 0.279 e. The molecule has 2 aromatic carbocycles. The van der Waals surface area contributed by atoms with Crippen LogP contribution in [0.1, 0.15) is 17.3 Å². The largest absolute Gasteiger partial charge is 0.485 e. The Balaban J connectivity index is 1.23.